The third-order valence-corrected chi connectivity index (χ3v) is 5.80. The van der Waals surface area contributed by atoms with E-state index in [4.69, 9.17) is 4.74 Å². The summed E-state index contributed by atoms with van der Waals surface area (Å²) in [4.78, 5) is 5.77. The summed E-state index contributed by atoms with van der Waals surface area (Å²) in [6, 6.07) is 4.74. The number of nitrogens with zero attached hydrogens (tertiary/aromatic N) is 1. The van der Waals surface area contributed by atoms with Crippen LogP contribution in [0.3, 0.4) is 0 Å². The van der Waals surface area contributed by atoms with E-state index in [1.807, 2.05) is 18.4 Å². The Morgan fingerprint density at radius 3 is 3.10 bits per heavy atom. The first-order chi connectivity index (χ1) is 10.1. The van der Waals surface area contributed by atoms with E-state index >= 15 is 0 Å². The van der Waals surface area contributed by atoms with Crippen molar-refractivity contribution in [3.05, 3.63) is 22.4 Å². The molecule has 0 radical (unpaired) electrons. The number of nitrogens with one attached hydrogen (secondary N) is 2. The van der Waals surface area contributed by atoms with Crippen LogP contribution in [0.2, 0.25) is 0 Å². The van der Waals surface area contributed by atoms with Crippen molar-refractivity contribution in [2.24, 2.45) is 16.3 Å². The smallest absolute Gasteiger partial charge is 0.191 e. The zero-order chi connectivity index (χ0) is 14.9. The van der Waals surface area contributed by atoms with Gasteiger partial charge in [-0.05, 0) is 24.3 Å². The van der Waals surface area contributed by atoms with Crippen LogP contribution in [-0.4, -0.2) is 38.3 Å². The summed E-state index contributed by atoms with van der Waals surface area (Å²) in [7, 11) is 1.84. The van der Waals surface area contributed by atoms with Crippen LogP contribution in [0.25, 0.3) is 0 Å². The van der Waals surface area contributed by atoms with Crippen LogP contribution in [0.15, 0.2) is 22.5 Å². The molecule has 116 valence electrons. The molecule has 3 atom stereocenters. The molecule has 0 bridgehead atoms. The van der Waals surface area contributed by atoms with Crippen molar-refractivity contribution in [2.75, 3.05) is 20.2 Å². The number of thiophene rings is 1. The van der Waals surface area contributed by atoms with E-state index in [0.29, 0.717) is 18.1 Å². The van der Waals surface area contributed by atoms with Crippen molar-refractivity contribution < 1.29 is 4.74 Å². The second-order valence-electron chi connectivity index (χ2n) is 6.52. The van der Waals surface area contributed by atoms with Crippen molar-refractivity contribution in [1.29, 1.82) is 0 Å². The van der Waals surface area contributed by atoms with Crippen LogP contribution in [0.4, 0.5) is 0 Å². The Morgan fingerprint density at radius 2 is 2.38 bits per heavy atom. The maximum atomic E-state index is 5.84. The number of aliphatic imine (C=N–C) groups is 1. The van der Waals surface area contributed by atoms with E-state index in [9.17, 15) is 0 Å². The van der Waals surface area contributed by atoms with Gasteiger partial charge < -0.3 is 15.4 Å². The first-order valence-electron chi connectivity index (χ1n) is 7.74. The second-order valence-corrected chi connectivity index (χ2v) is 7.55. The molecule has 2 aliphatic rings. The fourth-order valence-electron chi connectivity index (χ4n) is 3.72. The molecule has 1 aliphatic heterocycles. The third kappa shape index (κ3) is 2.81. The minimum atomic E-state index is 0.187. The minimum absolute atomic E-state index is 0.187. The van der Waals surface area contributed by atoms with Crippen LogP contribution in [0.1, 0.15) is 25.1 Å². The Bertz CT molecular complexity index is 498. The van der Waals surface area contributed by atoms with Gasteiger partial charge in [0.1, 0.15) is 0 Å². The fraction of sp³-hybridized carbons (Fsp3) is 0.688. The Kier molecular flexibility index (Phi) is 4.22. The molecule has 3 unspecified atom stereocenters. The molecule has 0 aromatic carbocycles. The molecule has 2 fully saturated rings. The molecule has 4 nitrogen and oxygen atoms in total. The van der Waals surface area contributed by atoms with Gasteiger partial charge in [-0.15, -0.1) is 11.3 Å². The van der Waals surface area contributed by atoms with Crippen molar-refractivity contribution in [3.63, 3.8) is 0 Å². The van der Waals surface area contributed by atoms with Crippen molar-refractivity contribution in [3.8, 4) is 0 Å². The maximum absolute atomic E-state index is 5.84. The van der Waals surface area contributed by atoms with Crippen LogP contribution in [0.5, 0.6) is 0 Å². The number of fused-ring (bicyclic) bond motifs is 1. The van der Waals surface area contributed by atoms with Gasteiger partial charge in [-0.25, -0.2) is 0 Å². The van der Waals surface area contributed by atoms with Gasteiger partial charge in [0.15, 0.2) is 5.96 Å². The Labute approximate surface area is 131 Å². The summed E-state index contributed by atoms with van der Waals surface area (Å²) >= 11 is 1.81. The van der Waals surface area contributed by atoms with E-state index in [0.717, 1.165) is 32.0 Å². The summed E-state index contributed by atoms with van der Waals surface area (Å²) in [6.45, 7) is 6.39. The van der Waals surface area contributed by atoms with E-state index in [1.165, 1.54) is 4.88 Å². The monoisotopic (exact) mass is 307 g/mol. The average Bonchev–Trinajstić information content (AvgIpc) is 3.12. The molecule has 1 saturated heterocycles. The summed E-state index contributed by atoms with van der Waals surface area (Å²) < 4.78 is 5.84. The van der Waals surface area contributed by atoms with Gasteiger partial charge in [0, 0.05) is 42.5 Å². The molecule has 5 heteroatoms. The van der Waals surface area contributed by atoms with Crippen LogP contribution in [0, 0.1) is 11.3 Å². The van der Waals surface area contributed by atoms with Gasteiger partial charge in [0.2, 0.25) is 0 Å². The minimum Gasteiger partial charge on any atom is -0.377 e. The summed E-state index contributed by atoms with van der Waals surface area (Å²) in [5, 5.41) is 9.16. The first-order valence-corrected chi connectivity index (χ1v) is 8.62. The molecule has 0 amide bonds. The lowest BCUT2D eigenvalue weighted by Gasteiger charge is -2.54. The highest BCUT2D eigenvalue weighted by atomic mass is 32.1. The van der Waals surface area contributed by atoms with Gasteiger partial charge in [-0.2, -0.15) is 0 Å². The highest BCUT2D eigenvalue weighted by molar-refractivity contribution is 7.09. The summed E-state index contributed by atoms with van der Waals surface area (Å²) in [6.07, 6.45) is 2.62. The first kappa shape index (κ1) is 14.9. The van der Waals surface area contributed by atoms with Gasteiger partial charge in [0.25, 0.3) is 0 Å². The standard InChI is InChI=1S/C16H25N3OS/c1-16(2)13(12-7-9-20-14(12)16)19-15(17-3)18-8-6-11-5-4-10-21-11/h4-5,10,12-14H,6-9H2,1-3H3,(H2,17,18,19). The molecule has 0 spiro atoms. The number of guanidine groups is 1. The topological polar surface area (TPSA) is 45.7 Å². The Balaban J connectivity index is 1.51. The molecule has 1 aromatic rings. The lowest BCUT2D eigenvalue weighted by atomic mass is 9.57. The summed E-state index contributed by atoms with van der Waals surface area (Å²) in [5.74, 6) is 1.55. The van der Waals surface area contributed by atoms with E-state index in [2.05, 4.69) is 47.0 Å². The highest BCUT2D eigenvalue weighted by Gasteiger charge is 2.59. The molecule has 1 saturated carbocycles. The fourth-order valence-corrected chi connectivity index (χ4v) is 4.43. The molecular weight excluding hydrogens is 282 g/mol. The number of hydrogen-bond acceptors (Lipinski definition) is 3. The van der Waals surface area contributed by atoms with Gasteiger partial charge >= 0.3 is 0 Å². The van der Waals surface area contributed by atoms with Crippen molar-refractivity contribution in [1.82, 2.24) is 10.6 Å². The number of rotatable bonds is 4. The molecule has 1 aromatic heterocycles. The Morgan fingerprint density at radius 1 is 1.52 bits per heavy atom. The Hall–Kier alpha value is -1.07. The van der Waals surface area contributed by atoms with E-state index in [-0.39, 0.29) is 5.41 Å². The molecule has 1 aliphatic carbocycles. The van der Waals surface area contributed by atoms with Gasteiger partial charge in [-0.1, -0.05) is 19.9 Å². The second kappa shape index (κ2) is 5.97. The lowest BCUT2D eigenvalue weighted by Crippen LogP contribution is -2.68. The third-order valence-electron chi connectivity index (χ3n) is 4.86. The molecule has 2 heterocycles. The maximum Gasteiger partial charge on any atom is 0.191 e. The van der Waals surface area contributed by atoms with Crippen LogP contribution in [-0.2, 0) is 11.2 Å². The number of hydrogen-bond donors (Lipinski definition) is 2. The zero-order valence-corrected chi connectivity index (χ0v) is 13.9. The molecule has 2 N–H and O–H groups in total. The number of ether oxygens (including phenoxy) is 1. The largest absolute Gasteiger partial charge is 0.377 e. The molecule has 3 rings (SSSR count). The lowest BCUT2D eigenvalue weighted by molar-refractivity contribution is -0.106. The SMILES string of the molecule is CN=C(NCCc1cccs1)NC1C2CCOC2C1(C)C. The van der Waals surface area contributed by atoms with E-state index < -0.39 is 0 Å². The predicted octanol–water partition coefficient (Wildman–Crippen LogP) is 2.27. The van der Waals surface area contributed by atoms with Crippen molar-refractivity contribution in [2.45, 2.75) is 38.8 Å². The predicted molar refractivity (Wildman–Crippen MR) is 87.9 cm³/mol. The zero-order valence-electron chi connectivity index (χ0n) is 13.1. The average molecular weight is 307 g/mol. The van der Waals surface area contributed by atoms with E-state index in [1.54, 1.807) is 0 Å². The van der Waals surface area contributed by atoms with Gasteiger partial charge in [-0.3, -0.25) is 4.99 Å². The molecule has 21 heavy (non-hydrogen) atoms. The molecular formula is C16H25N3OS. The van der Waals surface area contributed by atoms with Gasteiger partial charge in [0.05, 0.1) is 6.10 Å². The highest BCUT2D eigenvalue weighted by Crippen LogP contribution is 2.51. The van der Waals surface area contributed by atoms with Crippen LogP contribution >= 0.6 is 11.3 Å². The van der Waals surface area contributed by atoms with Crippen LogP contribution < -0.4 is 10.6 Å². The summed E-state index contributed by atoms with van der Waals surface area (Å²) in [5.41, 5.74) is 0.187. The quantitative estimate of drug-likeness (QED) is 0.662. The van der Waals surface area contributed by atoms with Crippen molar-refractivity contribution >= 4 is 17.3 Å². The normalized spacial score (nSPS) is 30.6.